The largest absolute Gasteiger partial charge is 0.481 e. The first-order valence-electron chi connectivity index (χ1n) is 8.22. The minimum atomic E-state index is -0.836. The Morgan fingerprint density at radius 2 is 1.68 bits per heavy atom. The van der Waals surface area contributed by atoms with Gasteiger partial charge in [0.25, 0.3) is 0 Å². The third-order valence-corrected chi connectivity index (χ3v) is 5.31. The maximum atomic E-state index is 12.7. The van der Waals surface area contributed by atoms with Gasteiger partial charge in [-0.1, -0.05) is 0 Å². The van der Waals surface area contributed by atoms with Crippen molar-refractivity contribution in [3.05, 3.63) is 0 Å². The molecule has 1 N–H and O–H groups in total. The number of carboxylic acids is 1. The Morgan fingerprint density at radius 1 is 1.00 bits per heavy atom. The van der Waals surface area contributed by atoms with Gasteiger partial charge in [-0.15, -0.1) is 0 Å². The topological polar surface area (TPSA) is 77.9 Å². The molecular weight excluding hydrogens is 284 g/mol. The molecule has 2 aliphatic heterocycles. The van der Waals surface area contributed by atoms with Crippen LogP contribution in [0.1, 0.15) is 39.0 Å². The molecule has 122 valence electrons. The molecule has 2 atom stereocenters. The molecular formula is C16H24N2O4. The summed E-state index contributed by atoms with van der Waals surface area (Å²) in [4.78, 5) is 39.7. The summed E-state index contributed by atoms with van der Waals surface area (Å²) in [5, 5.41) is 9.27. The van der Waals surface area contributed by atoms with Crippen LogP contribution in [0.25, 0.3) is 0 Å². The molecule has 3 fully saturated rings. The second-order valence-corrected chi connectivity index (χ2v) is 7.27. The van der Waals surface area contributed by atoms with Gasteiger partial charge >= 0.3 is 5.97 Å². The molecule has 2 saturated heterocycles. The molecule has 6 heteroatoms. The Kier molecular flexibility index (Phi) is 3.87. The van der Waals surface area contributed by atoms with E-state index in [2.05, 4.69) is 0 Å². The van der Waals surface area contributed by atoms with Gasteiger partial charge in [-0.05, 0) is 39.0 Å². The third-order valence-electron chi connectivity index (χ3n) is 5.31. The third kappa shape index (κ3) is 2.83. The van der Waals surface area contributed by atoms with Gasteiger partial charge < -0.3 is 14.9 Å². The molecule has 6 nitrogen and oxygen atoms in total. The van der Waals surface area contributed by atoms with E-state index in [0.29, 0.717) is 19.5 Å². The monoisotopic (exact) mass is 308 g/mol. The van der Waals surface area contributed by atoms with Crippen molar-refractivity contribution < 1.29 is 19.5 Å². The van der Waals surface area contributed by atoms with Crippen LogP contribution in [0.3, 0.4) is 0 Å². The van der Waals surface area contributed by atoms with Crippen molar-refractivity contribution in [2.24, 2.45) is 17.3 Å². The molecule has 0 aromatic heterocycles. The van der Waals surface area contributed by atoms with Crippen LogP contribution in [0, 0.1) is 17.3 Å². The van der Waals surface area contributed by atoms with Gasteiger partial charge in [0.15, 0.2) is 0 Å². The Labute approximate surface area is 130 Å². The molecule has 3 aliphatic rings. The molecule has 22 heavy (non-hydrogen) atoms. The van der Waals surface area contributed by atoms with E-state index in [9.17, 15) is 19.5 Å². The standard InChI is InChI=1S/C16H24N2O4/c1-16(15(21)22)6-8-18(10-16)14(20)12-3-2-7-17(9-12)13(19)11-4-5-11/h11-12H,2-10H2,1H3,(H,21,22). The summed E-state index contributed by atoms with van der Waals surface area (Å²) in [5.74, 6) is -0.576. The molecule has 0 aromatic carbocycles. The van der Waals surface area contributed by atoms with E-state index < -0.39 is 11.4 Å². The van der Waals surface area contributed by atoms with E-state index in [1.54, 1.807) is 11.8 Å². The summed E-state index contributed by atoms with van der Waals surface area (Å²) in [6.45, 7) is 3.76. The lowest BCUT2D eigenvalue weighted by atomic mass is 9.90. The smallest absolute Gasteiger partial charge is 0.311 e. The van der Waals surface area contributed by atoms with Crippen molar-refractivity contribution in [1.29, 1.82) is 0 Å². The van der Waals surface area contributed by atoms with Crippen LogP contribution in [0.15, 0.2) is 0 Å². The van der Waals surface area contributed by atoms with Crippen molar-refractivity contribution in [3.63, 3.8) is 0 Å². The van der Waals surface area contributed by atoms with Crippen LogP contribution in [0.5, 0.6) is 0 Å². The van der Waals surface area contributed by atoms with Gasteiger partial charge in [0.05, 0.1) is 11.3 Å². The fourth-order valence-electron chi connectivity index (χ4n) is 3.55. The van der Waals surface area contributed by atoms with E-state index in [1.165, 1.54) is 0 Å². The number of nitrogens with zero attached hydrogens (tertiary/aromatic N) is 2. The Morgan fingerprint density at radius 3 is 2.27 bits per heavy atom. The molecule has 0 radical (unpaired) electrons. The van der Waals surface area contributed by atoms with Crippen LogP contribution in [-0.4, -0.2) is 58.9 Å². The van der Waals surface area contributed by atoms with E-state index in [1.807, 2.05) is 4.90 Å². The molecule has 0 bridgehead atoms. The van der Waals surface area contributed by atoms with E-state index in [4.69, 9.17) is 0 Å². The molecule has 3 rings (SSSR count). The minimum absolute atomic E-state index is 0.0262. The van der Waals surface area contributed by atoms with Gasteiger partial charge in [-0.3, -0.25) is 14.4 Å². The zero-order valence-corrected chi connectivity index (χ0v) is 13.1. The summed E-state index contributed by atoms with van der Waals surface area (Å²) in [7, 11) is 0. The predicted molar refractivity (Wildman–Crippen MR) is 79.0 cm³/mol. The fraction of sp³-hybridized carbons (Fsp3) is 0.812. The first-order chi connectivity index (χ1) is 10.4. The highest BCUT2D eigenvalue weighted by Crippen LogP contribution is 2.34. The zero-order valence-electron chi connectivity index (χ0n) is 13.1. The second kappa shape index (κ2) is 5.56. The van der Waals surface area contributed by atoms with Crippen molar-refractivity contribution >= 4 is 17.8 Å². The summed E-state index contributed by atoms with van der Waals surface area (Å²) in [6.07, 6.45) is 4.13. The summed E-state index contributed by atoms with van der Waals surface area (Å²) in [6, 6.07) is 0. The average molecular weight is 308 g/mol. The lowest BCUT2D eigenvalue weighted by Crippen LogP contribution is -2.47. The Hall–Kier alpha value is -1.59. The SMILES string of the molecule is CC1(C(=O)O)CCN(C(=O)C2CCCN(C(=O)C3CC3)C2)C1. The number of carboxylic acid groups (broad SMARTS) is 1. The number of piperidine rings is 1. The number of hydrogen-bond acceptors (Lipinski definition) is 3. The van der Waals surface area contributed by atoms with Crippen LogP contribution in [0.2, 0.25) is 0 Å². The number of likely N-dealkylation sites (tertiary alicyclic amines) is 2. The van der Waals surface area contributed by atoms with Crippen molar-refractivity contribution in [2.45, 2.75) is 39.0 Å². The summed E-state index contributed by atoms with van der Waals surface area (Å²) >= 11 is 0. The van der Waals surface area contributed by atoms with E-state index in [-0.39, 0.29) is 30.2 Å². The number of carbonyl (C=O) groups is 3. The number of carbonyl (C=O) groups excluding carboxylic acids is 2. The Bertz CT molecular complexity index is 502. The van der Waals surface area contributed by atoms with Gasteiger partial charge in [0.2, 0.25) is 11.8 Å². The summed E-state index contributed by atoms with van der Waals surface area (Å²) < 4.78 is 0. The van der Waals surface area contributed by atoms with Gasteiger partial charge in [0, 0.05) is 32.1 Å². The highest BCUT2D eigenvalue weighted by molar-refractivity contribution is 5.84. The second-order valence-electron chi connectivity index (χ2n) is 7.27. The summed E-state index contributed by atoms with van der Waals surface area (Å²) in [5.41, 5.74) is -0.826. The lowest BCUT2D eigenvalue weighted by Gasteiger charge is -2.34. The number of hydrogen-bond donors (Lipinski definition) is 1. The molecule has 0 spiro atoms. The maximum Gasteiger partial charge on any atom is 0.311 e. The first-order valence-corrected chi connectivity index (χ1v) is 8.22. The predicted octanol–water partition coefficient (Wildman–Crippen LogP) is 0.958. The Balaban J connectivity index is 1.60. The minimum Gasteiger partial charge on any atom is -0.481 e. The quantitative estimate of drug-likeness (QED) is 0.842. The highest BCUT2D eigenvalue weighted by Gasteiger charge is 2.44. The van der Waals surface area contributed by atoms with Crippen LogP contribution in [0.4, 0.5) is 0 Å². The van der Waals surface area contributed by atoms with Crippen molar-refractivity contribution in [2.75, 3.05) is 26.2 Å². The number of aliphatic carboxylic acids is 1. The fourth-order valence-corrected chi connectivity index (χ4v) is 3.55. The van der Waals surface area contributed by atoms with Crippen LogP contribution in [-0.2, 0) is 14.4 Å². The molecule has 1 saturated carbocycles. The molecule has 0 aromatic rings. The van der Waals surface area contributed by atoms with Crippen molar-refractivity contribution in [3.8, 4) is 0 Å². The zero-order chi connectivity index (χ0) is 15.9. The van der Waals surface area contributed by atoms with E-state index in [0.717, 1.165) is 32.2 Å². The molecule has 2 unspecified atom stereocenters. The first kappa shape index (κ1) is 15.3. The normalized spacial score (nSPS) is 32.1. The van der Waals surface area contributed by atoms with Gasteiger partial charge in [0.1, 0.15) is 0 Å². The lowest BCUT2D eigenvalue weighted by molar-refractivity contribution is -0.147. The van der Waals surface area contributed by atoms with Crippen LogP contribution < -0.4 is 0 Å². The van der Waals surface area contributed by atoms with Gasteiger partial charge in [-0.25, -0.2) is 0 Å². The molecule has 1 aliphatic carbocycles. The average Bonchev–Trinajstić information content (AvgIpc) is 3.28. The number of rotatable bonds is 3. The molecule has 2 amide bonds. The highest BCUT2D eigenvalue weighted by atomic mass is 16.4. The van der Waals surface area contributed by atoms with Gasteiger partial charge in [-0.2, -0.15) is 0 Å². The van der Waals surface area contributed by atoms with Crippen LogP contribution >= 0.6 is 0 Å². The molecule has 2 heterocycles. The maximum absolute atomic E-state index is 12.7. The van der Waals surface area contributed by atoms with Crippen molar-refractivity contribution in [1.82, 2.24) is 9.80 Å². The number of amides is 2. The van der Waals surface area contributed by atoms with E-state index >= 15 is 0 Å².